The first kappa shape index (κ1) is 20.4. The zero-order valence-electron chi connectivity index (χ0n) is 18.2. The Morgan fingerprint density at radius 2 is 1.88 bits per heavy atom. The fraction of sp³-hybridized carbons (Fsp3) is 0.360. The summed E-state index contributed by atoms with van der Waals surface area (Å²) in [6.07, 6.45) is 2.08. The number of benzene rings is 2. The van der Waals surface area contributed by atoms with Crippen LogP contribution in [0.15, 0.2) is 53.1 Å². The second kappa shape index (κ2) is 8.22. The van der Waals surface area contributed by atoms with E-state index in [1.165, 1.54) is 4.90 Å². The molecule has 1 N–H and O–H groups in total. The molecule has 2 heterocycles. The summed E-state index contributed by atoms with van der Waals surface area (Å²) in [5.74, 6) is 0.860. The predicted molar refractivity (Wildman–Crippen MR) is 119 cm³/mol. The van der Waals surface area contributed by atoms with Gasteiger partial charge in [0.15, 0.2) is 0 Å². The lowest BCUT2D eigenvalue weighted by Crippen LogP contribution is -2.60. The summed E-state index contributed by atoms with van der Waals surface area (Å²) >= 11 is 0. The first-order valence-electron chi connectivity index (χ1n) is 11.1. The quantitative estimate of drug-likeness (QED) is 0.664. The van der Waals surface area contributed by atoms with Gasteiger partial charge in [0.25, 0.3) is 0 Å². The van der Waals surface area contributed by atoms with Gasteiger partial charge in [-0.05, 0) is 44.7 Å². The average Bonchev–Trinajstić information content (AvgIpc) is 3.28. The highest BCUT2D eigenvalue weighted by Gasteiger charge is 2.45. The van der Waals surface area contributed by atoms with Crippen LogP contribution in [0.2, 0.25) is 0 Å². The highest BCUT2D eigenvalue weighted by Crippen LogP contribution is 2.38. The molecule has 1 saturated carbocycles. The van der Waals surface area contributed by atoms with Crippen molar-refractivity contribution in [3.8, 4) is 11.4 Å². The van der Waals surface area contributed by atoms with Gasteiger partial charge in [-0.3, -0.25) is 9.69 Å². The summed E-state index contributed by atoms with van der Waals surface area (Å²) in [6, 6.07) is 15.3. The summed E-state index contributed by atoms with van der Waals surface area (Å²) in [5.41, 5.74) is 4.14. The van der Waals surface area contributed by atoms with Crippen molar-refractivity contribution in [3.05, 3.63) is 71.1 Å². The van der Waals surface area contributed by atoms with Crippen LogP contribution in [-0.2, 0) is 11.3 Å². The number of amides is 3. The first-order chi connectivity index (χ1) is 15.5. The molecular weight excluding hydrogens is 404 g/mol. The van der Waals surface area contributed by atoms with Gasteiger partial charge in [0.2, 0.25) is 17.6 Å². The number of urea groups is 1. The maximum Gasteiger partial charge on any atom is 0.324 e. The van der Waals surface area contributed by atoms with Crippen LogP contribution in [0.3, 0.4) is 0 Å². The molecule has 1 aromatic heterocycles. The van der Waals surface area contributed by atoms with Crippen LogP contribution in [0.4, 0.5) is 4.79 Å². The monoisotopic (exact) mass is 430 g/mol. The second-order valence-corrected chi connectivity index (χ2v) is 8.91. The van der Waals surface area contributed by atoms with Crippen LogP contribution in [0.5, 0.6) is 0 Å². The molecule has 1 aliphatic heterocycles. The highest BCUT2D eigenvalue weighted by atomic mass is 16.5. The fourth-order valence-electron chi connectivity index (χ4n) is 4.71. The van der Waals surface area contributed by atoms with Crippen molar-refractivity contribution in [1.82, 2.24) is 20.4 Å². The standard InChI is InChI=1S/C25H26N4O3/c1-15-6-8-17(9-7-15)14-29-24(30)20-11-10-19(13-21(20)26-25(29)31)23-27-22(28-32-23)18-5-3-4-16(2)12-18/h3-9,12,19-21H,10-11,13-14H2,1-2H3,(H,26,31). The molecule has 32 heavy (non-hydrogen) atoms. The van der Waals surface area contributed by atoms with Gasteiger partial charge in [0, 0.05) is 17.5 Å². The zero-order chi connectivity index (χ0) is 22.2. The number of hydrogen-bond acceptors (Lipinski definition) is 5. The van der Waals surface area contributed by atoms with Gasteiger partial charge in [-0.1, -0.05) is 58.7 Å². The summed E-state index contributed by atoms with van der Waals surface area (Å²) in [4.78, 5) is 31.8. The molecule has 0 radical (unpaired) electrons. The van der Waals surface area contributed by atoms with Crippen molar-refractivity contribution in [3.63, 3.8) is 0 Å². The Kier molecular flexibility index (Phi) is 5.25. The van der Waals surface area contributed by atoms with Crippen molar-refractivity contribution in [2.45, 2.75) is 51.6 Å². The van der Waals surface area contributed by atoms with Crippen LogP contribution < -0.4 is 5.32 Å². The molecule has 5 rings (SSSR count). The molecule has 7 nitrogen and oxygen atoms in total. The third kappa shape index (κ3) is 3.90. The number of carbonyl (C=O) groups is 2. The number of rotatable bonds is 4. The van der Waals surface area contributed by atoms with E-state index in [4.69, 9.17) is 4.52 Å². The lowest BCUT2D eigenvalue weighted by atomic mass is 9.76. The van der Waals surface area contributed by atoms with E-state index in [1.54, 1.807) is 0 Å². The molecule has 0 spiro atoms. The molecule has 3 atom stereocenters. The summed E-state index contributed by atoms with van der Waals surface area (Å²) in [7, 11) is 0. The Labute approximate surface area is 186 Å². The summed E-state index contributed by atoms with van der Waals surface area (Å²) in [5, 5.41) is 7.21. The second-order valence-electron chi connectivity index (χ2n) is 8.91. The maximum absolute atomic E-state index is 13.1. The number of aromatic nitrogens is 2. The van der Waals surface area contributed by atoms with E-state index in [0.717, 1.165) is 28.7 Å². The van der Waals surface area contributed by atoms with Gasteiger partial charge in [-0.25, -0.2) is 4.79 Å². The number of hydrogen-bond donors (Lipinski definition) is 1. The molecule has 2 aliphatic rings. The van der Waals surface area contributed by atoms with Gasteiger partial charge < -0.3 is 9.84 Å². The lowest BCUT2D eigenvalue weighted by Gasteiger charge is -2.41. The Bertz CT molecular complexity index is 1150. The van der Waals surface area contributed by atoms with E-state index in [2.05, 4.69) is 15.5 Å². The van der Waals surface area contributed by atoms with E-state index in [9.17, 15) is 9.59 Å². The number of carbonyl (C=O) groups excluding carboxylic acids is 2. The molecule has 2 aromatic carbocycles. The molecule has 1 saturated heterocycles. The summed E-state index contributed by atoms with van der Waals surface area (Å²) in [6.45, 7) is 4.33. The van der Waals surface area contributed by atoms with Crippen molar-refractivity contribution in [2.75, 3.05) is 0 Å². The van der Waals surface area contributed by atoms with Crippen molar-refractivity contribution in [2.24, 2.45) is 5.92 Å². The van der Waals surface area contributed by atoms with E-state index >= 15 is 0 Å². The van der Waals surface area contributed by atoms with Gasteiger partial charge in [0.05, 0.1) is 12.5 Å². The highest BCUT2D eigenvalue weighted by molar-refractivity contribution is 5.98. The van der Waals surface area contributed by atoms with Crippen LogP contribution in [0.1, 0.15) is 47.8 Å². The third-order valence-electron chi connectivity index (χ3n) is 6.52. The van der Waals surface area contributed by atoms with Crippen LogP contribution in [0.25, 0.3) is 11.4 Å². The zero-order valence-corrected chi connectivity index (χ0v) is 18.2. The molecule has 3 aromatic rings. The smallest absolute Gasteiger partial charge is 0.324 e. The maximum atomic E-state index is 13.1. The van der Waals surface area contributed by atoms with Crippen LogP contribution >= 0.6 is 0 Å². The topological polar surface area (TPSA) is 88.3 Å². The molecule has 3 unspecified atom stereocenters. The first-order valence-corrected chi connectivity index (χ1v) is 11.1. The Morgan fingerprint density at radius 3 is 2.66 bits per heavy atom. The number of nitrogens with one attached hydrogen (secondary N) is 1. The van der Waals surface area contributed by atoms with Gasteiger partial charge >= 0.3 is 6.03 Å². The molecule has 3 amide bonds. The number of aryl methyl sites for hydroxylation is 2. The van der Waals surface area contributed by atoms with Crippen LogP contribution in [0, 0.1) is 19.8 Å². The molecule has 1 aliphatic carbocycles. The molecule has 164 valence electrons. The average molecular weight is 431 g/mol. The number of fused-ring (bicyclic) bond motifs is 1. The van der Waals surface area contributed by atoms with E-state index in [0.29, 0.717) is 31.1 Å². The minimum atomic E-state index is -0.330. The van der Waals surface area contributed by atoms with Crippen molar-refractivity contribution >= 4 is 11.9 Å². The Morgan fingerprint density at radius 1 is 1.06 bits per heavy atom. The van der Waals surface area contributed by atoms with Crippen LogP contribution in [-0.4, -0.2) is 33.0 Å². The normalized spacial score (nSPS) is 23.1. The Balaban J connectivity index is 1.28. The lowest BCUT2D eigenvalue weighted by molar-refractivity contribution is -0.137. The largest absolute Gasteiger partial charge is 0.339 e. The van der Waals surface area contributed by atoms with Gasteiger partial charge in [-0.15, -0.1) is 0 Å². The SMILES string of the molecule is Cc1ccc(CN2C(=O)NC3CC(c4nc(-c5cccc(C)c5)no4)CCC3C2=O)cc1. The summed E-state index contributed by atoms with van der Waals surface area (Å²) < 4.78 is 5.57. The predicted octanol–water partition coefficient (Wildman–Crippen LogP) is 4.36. The molecule has 0 bridgehead atoms. The van der Waals surface area contributed by atoms with E-state index in [1.807, 2.05) is 62.4 Å². The van der Waals surface area contributed by atoms with Gasteiger partial charge in [-0.2, -0.15) is 4.98 Å². The Hall–Kier alpha value is -3.48. The minimum absolute atomic E-state index is 0.0269. The fourth-order valence-corrected chi connectivity index (χ4v) is 4.71. The molecule has 7 heteroatoms. The number of nitrogens with zero attached hydrogens (tertiary/aromatic N) is 3. The van der Waals surface area contributed by atoms with Crippen molar-refractivity contribution < 1.29 is 14.1 Å². The van der Waals surface area contributed by atoms with Crippen molar-refractivity contribution in [1.29, 1.82) is 0 Å². The van der Waals surface area contributed by atoms with E-state index < -0.39 is 0 Å². The molecule has 2 fully saturated rings. The number of imide groups is 1. The minimum Gasteiger partial charge on any atom is -0.339 e. The van der Waals surface area contributed by atoms with Gasteiger partial charge in [0.1, 0.15) is 0 Å². The van der Waals surface area contributed by atoms with E-state index in [-0.39, 0.29) is 29.8 Å². The molecular formula is C25H26N4O3. The third-order valence-corrected chi connectivity index (χ3v) is 6.52.